The van der Waals surface area contributed by atoms with Crippen LogP contribution >= 0.6 is 0 Å². The average molecular weight is 326 g/mol. The van der Waals surface area contributed by atoms with Crippen molar-refractivity contribution in [1.82, 2.24) is 0 Å². The molecule has 2 aromatic carbocycles. The second-order valence-corrected chi connectivity index (χ2v) is 6.17. The Hall–Kier alpha value is -2.76. The summed E-state index contributed by atoms with van der Waals surface area (Å²) in [6, 6.07) is 12.8. The minimum Gasteiger partial charge on any atom is -0.486 e. The molecule has 0 amide bonds. The van der Waals surface area contributed by atoms with Gasteiger partial charge in [0.1, 0.15) is 13.2 Å². The van der Waals surface area contributed by atoms with Gasteiger partial charge in [-0.2, -0.15) is 0 Å². The lowest BCUT2D eigenvalue weighted by molar-refractivity contribution is -0.384. The summed E-state index contributed by atoms with van der Waals surface area (Å²) < 4.78 is 11.3. The minimum atomic E-state index is -0.386. The third kappa shape index (κ3) is 2.99. The molecule has 1 aliphatic carbocycles. The van der Waals surface area contributed by atoms with Gasteiger partial charge in [0.2, 0.25) is 0 Å². The van der Waals surface area contributed by atoms with Crippen LogP contribution in [0.1, 0.15) is 24.4 Å². The predicted molar refractivity (Wildman–Crippen MR) is 89.6 cm³/mol. The van der Waals surface area contributed by atoms with Crippen molar-refractivity contribution >= 4 is 11.4 Å². The number of anilines is 1. The Kier molecular flexibility index (Phi) is 3.72. The van der Waals surface area contributed by atoms with Gasteiger partial charge in [-0.15, -0.1) is 0 Å². The van der Waals surface area contributed by atoms with Gasteiger partial charge in [-0.25, -0.2) is 0 Å². The number of nitro groups is 1. The molecule has 24 heavy (non-hydrogen) atoms. The van der Waals surface area contributed by atoms with Crippen molar-refractivity contribution in [2.45, 2.75) is 18.9 Å². The summed E-state index contributed by atoms with van der Waals surface area (Å²) in [6.07, 6.45) is 2.36. The maximum Gasteiger partial charge on any atom is 0.269 e. The van der Waals surface area contributed by atoms with E-state index in [1.165, 1.54) is 25.0 Å². The van der Waals surface area contributed by atoms with E-state index in [9.17, 15) is 10.1 Å². The molecule has 6 nitrogen and oxygen atoms in total. The first-order valence-corrected chi connectivity index (χ1v) is 8.11. The van der Waals surface area contributed by atoms with E-state index in [1.54, 1.807) is 12.1 Å². The average Bonchev–Trinajstić information content (AvgIpc) is 3.44. The molecule has 1 unspecified atom stereocenters. The quantitative estimate of drug-likeness (QED) is 0.665. The highest BCUT2D eigenvalue weighted by Gasteiger charge is 2.33. The van der Waals surface area contributed by atoms with Gasteiger partial charge in [-0.1, -0.05) is 6.07 Å². The van der Waals surface area contributed by atoms with Crippen LogP contribution < -0.4 is 14.8 Å². The van der Waals surface area contributed by atoms with Gasteiger partial charge >= 0.3 is 0 Å². The number of nitrogens with one attached hydrogen (secondary N) is 1. The molecule has 2 aliphatic rings. The smallest absolute Gasteiger partial charge is 0.269 e. The molecule has 4 rings (SSSR count). The van der Waals surface area contributed by atoms with Gasteiger partial charge in [0.25, 0.3) is 5.69 Å². The third-order valence-electron chi connectivity index (χ3n) is 4.42. The Balaban J connectivity index is 1.57. The van der Waals surface area contributed by atoms with Gasteiger partial charge in [0.15, 0.2) is 11.5 Å². The molecule has 6 heteroatoms. The lowest BCUT2D eigenvalue weighted by Crippen LogP contribution is -2.17. The van der Waals surface area contributed by atoms with Crippen molar-refractivity contribution in [3.63, 3.8) is 0 Å². The van der Waals surface area contributed by atoms with Crippen LogP contribution in [0.4, 0.5) is 11.4 Å². The molecule has 1 fully saturated rings. The Bertz CT molecular complexity index is 756. The zero-order chi connectivity index (χ0) is 16.5. The first kappa shape index (κ1) is 14.8. The Morgan fingerprint density at radius 3 is 2.42 bits per heavy atom. The van der Waals surface area contributed by atoms with Crippen LogP contribution in [0.3, 0.4) is 0 Å². The highest BCUT2D eigenvalue weighted by atomic mass is 16.6. The van der Waals surface area contributed by atoms with Crippen LogP contribution in [0.15, 0.2) is 42.5 Å². The minimum absolute atomic E-state index is 0.0999. The molecule has 1 atom stereocenters. The van der Waals surface area contributed by atoms with Crippen molar-refractivity contribution in [2.24, 2.45) is 5.92 Å². The van der Waals surface area contributed by atoms with Crippen molar-refractivity contribution in [3.05, 3.63) is 58.1 Å². The van der Waals surface area contributed by atoms with Crippen molar-refractivity contribution in [1.29, 1.82) is 0 Å². The number of hydrogen-bond acceptors (Lipinski definition) is 5. The number of non-ortho nitro benzene ring substituents is 1. The van der Waals surface area contributed by atoms with Crippen LogP contribution in [0, 0.1) is 16.0 Å². The third-order valence-corrected chi connectivity index (χ3v) is 4.42. The van der Waals surface area contributed by atoms with E-state index in [1.807, 2.05) is 12.1 Å². The number of ether oxygens (including phenoxy) is 2. The zero-order valence-electron chi connectivity index (χ0n) is 13.1. The summed E-state index contributed by atoms with van der Waals surface area (Å²) in [4.78, 5) is 10.4. The first-order chi connectivity index (χ1) is 11.7. The lowest BCUT2D eigenvalue weighted by atomic mass is 10.0. The summed E-state index contributed by atoms with van der Waals surface area (Å²) in [5.74, 6) is 2.15. The Labute approximate surface area is 139 Å². The van der Waals surface area contributed by atoms with Gasteiger partial charge in [-0.05, 0) is 48.6 Å². The fourth-order valence-electron chi connectivity index (χ4n) is 3.02. The number of benzene rings is 2. The fourth-order valence-corrected chi connectivity index (χ4v) is 3.02. The molecular formula is C18H18N2O4. The van der Waals surface area contributed by atoms with Gasteiger partial charge < -0.3 is 14.8 Å². The van der Waals surface area contributed by atoms with Crippen LogP contribution in [0.2, 0.25) is 0 Å². The van der Waals surface area contributed by atoms with Crippen molar-refractivity contribution in [2.75, 3.05) is 18.5 Å². The molecular weight excluding hydrogens is 308 g/mol. The summed E-state index contributed by atoms with van der Waals surface area (Å²) in [5.41, 5.74) is 2.13. The molecule has 0 saturated heterocycles. The Morgan fingerprint density at radius 1 is 1.04 bits per heavy atom. The highest BCUT2D eigenvalue weighted by molar-refractivity contribution is 5.52. The van der Waals surface area contributed by atoms with Gasteiger partial charge in [0.05, 0.1) is 11.0 Å². The maximum absolute atomic E-state index is 10.8. The molecule has 1 saturated carbocycles. The summed E-state index contributed by atoms with van der Waals surface area (Å²) in [5, 5.41) is 14.3. The molecule has 0 bridgehead atoms. The van der Waals surface area contributed by atoms with E-state index >= 15 is 0 Å². The molecule has 1 N–H and O–H groups in total. The number of nitro benzene ring substituents is 1. The van der Waals surface area contributed by atoms with Crippen LogP contribution in [0.5, 0.6) is 11.5 Å². The fraction of sp³-hybridized carbons (Fsp3) is 0.333. The largest absolute Gasteiger partial charge is 0.486 e. The second-order valence-electron chi connectivity index (χ2n) is 6.17. The topological polar surface area (TPSA) is 73.6 Å². The Morgan fingerprint density at radius 2 is 1.75 bits per heavy atom. The molecule has 124 valence electrons. The van der Waals surface area contributed by atoms with Crippen molar-refractivity contribution < 1.29 is 14.4 Å². The van der Waals surface area contributed by atoms with Crippen LogP contribution in [0.25, 0.3) is 0 Å². The first-order valence-electron chi connectivity index (χ1n) is 8.11. The standard InChI is InChI=1S/C18H18N2O4/c21-20(22)15-6-4-14(5-7-15)19-18(12-1-2-12)13-3-8-16-17(11-13)24-10-9-23-16/h3-8,11-12,18-19H,1-2,9-10H2. The normalized spacial score (nSPS) is 17.2. The molecule has 0 spiro atoms. The monoisotopic (exact) mass is 326 g/mol. The van der Waals surface area contributed by atoms with Gasteiger partial charge in [0, 0.05) is 17.8 Å². The number of nitrogens with zero attached hydrogens (tertiary/aromatic N) is 1. The molecule has 1 heterocycles. The summed E-state index contributed by atoms with van der Waals surface area (Å²) >= 11 is 0. The van der Waals surface area contributed by atoms with E-state index in [4.69, 9.17) is 9.47 Å². The van der Waals surface area contributed by atoms with E-state index < -0.39 is 0 Å². The number of hydrogen-bond donors (Lipinski definition) is 1. The van der Waals surface area contributed by atoms with E-state index in [2.05, 4.69) is 11.4 Å². The van der Waals surface area contributed by atoms with Crippen molar-refractivity contribution in [3.8, 4) is 11.5 Å². The van der Waals surface area contributed by atoms with Crippen LogP contribution in [-0.4, -0.2) is 18.1 Å². The van der Waals surface area contributed by atoms with Gasteiger partial charge in [-0.3, -0.25) is 10.1 Å². The number of rotatable bonds is 5. The van der Waals surface area contributed by atoms with E-state index in [-0.39, 0.29) is 16.7 Å². The van der Waals surface area contributed by atoms with E-state index in [0.717, 1.165) is 22.7 Å². The lowest BCUT2D eigenvalue weighted by Gasteiger charge is -2.23. The summed E-state index contributed by atoms with van der Waals surface area (Å²) in [7, 11) is 0. The second kappa shape index (κ2) is 6.03. The molecule has 0 radical (unpaired) electrons. The summed E-state index contributed by atoms with van der Waals surface area (Å²) in [6.45, 7) is 1.15. The predicted octanol–water partition coefficient (Wildman–Crippen LogP) is 3.93. The molecule has 2 aromatic rings. The van der Waals surface area contributed by atoms with E-state index in [0.29, 0.717) is 19.1 Å². The highest BCUT2D eigenvalue weighted by Crippen LogP contribution is 2.45. The van der Waals surface area contributed by atoms with Crippen LogP contribution in [-0.2, 0) is 0 Å². The molecule has 0 aromatic heterocycles. The zero-order valence-corrected chi connectivity index (χ0v) is 13.1. The number of fused-ring (bicyclic) bond motifs is 1. The maximum atomic E-state index is 10.8. The molecule has 1 aliphatic heterocycles. The SMILES string of the molecule is O=[N+]([O-])c1ccc(NC(c2ccc3c(c2)OCCO3)C2CC2)cc1.